The molecule has 1 heterocycles. The molecular formula is C14H18Br2O2. The minimum Gasteiger partial charge on any atom is -0.345 e. The van der Waals surface area contributed by atoms with Gasteiger partial charge in [0.15, 0.2) is 5.79 Å². The number of benzene rings is 1. The van der Waals surface area contributed by atoms with Crippen molar-refractivity contribution < 1.29 is 9.47 Å². The Morgan fingerprint density at radius 3 is 2.33 bits per heavy atom. The van der Waals surface area contributed by atoms with Crippen molar-refractivity contribution in [2.45, 2.75) is 35.2 Å². The van der Waals surface area contributed by atoms with Crippen molar-refractivity contribution in [1.82, 2.24) is 0 Å². The zero-order valence-corrected chi connectivity index (χ0v) is 13.8. The molecule has 0 N–H and O–H groups in total. The van der Waals surface area contributed by atoms with Crippen LogP contribution in [0.1, 0.15) is 25.8 Å². The van der Waals surface area contributed by atoms with Crippen LogP contribution >= 0.6 is 31.9 Å². The fourth-order valence-electron chi connectivity index (χ4n) is 2.40. The van der Waals surface area contributed by atoms with Crippen LogP contribution in [-0.2, 0) is 13.8 Å². The van der Waals surface area contributed by atoms with Crippen molar-refractivity contribution in [2.24, 2.45) is 0 Å². The fraction of sp³-hybridized carbons (Fsp3) is 0.571. The minimum absolute atomic E-state index is 0.136. The molecule has 2 rings (SSSR count). The Bertz CT molecular complexity index is 386. The third kappa shape index (κ3) is 2.28. The molecule has 1 aromatic rings. The summed E-state index contributed by atoms with van der Waals surface area (Å²) in [4.78, 5) is 0.136. The highest BCUT2D eigenvalue weighted by molar-refractivity contribution is 9.10. The number of alkyl halides is 2. The molecule has 0 aliphatic carbocycles. The Balaban J connectivity index is 2.42. The molecule has 1 aliphatic rings. The predicted molar refractivity (Wildman–Crippen MR) is 80.4 cm³/mol. The molecular weight excluding hydrogens is 360 g/mol. The summed E-state index contributed by atoms with van der Waals surface area (Å²) in [5.74, 6) is -0.664. The topological polar surface area (TPSA) is 18.5 Å². The molecule has 1 aliphatic heterocycles. The second-order valence-corrected chi connectivity index (χ2v) is 7.30. The predicted octanol–water partition coefficient (Wildman–Crippen LogP) is 4.21. The largest absolute Gasteiger partial charge is 0.345 e. The quantitative estimate of drug-likeness (QED) is 0.731. The Kier molecular flexibility index (Phi) is 4.52. The van der Waals surface area contributed by atoms with Crippen molar-refractivity contribution >= 4 is 31.9 Å². The highest BCUT2D eigenvalue weighted by atomic mass is 79.9. The van der Waals surface area contributed by atoms with Gasteiger partial charge in [0.1, 0.15) is 4.32 Å². The van der Waals surface area contributed by atoms with Crippen LogP contribution in [0, 0.1) is 0 Å². The van der Waals surface area contributed by atoms with Gasteiger partial charge in [-0.05, 0) is 18.9 Å². The molecule has 1 saturated heterocycles. The summed E-state index contributed by atoms with van der Waals surface area (Å²) in [6.45, 7) is 5.50. The van der Waals surface area contributed by atoms with E-state index in [2.05, 4.69) is 57.8 Å². The van der Waals surface area contributed by atoms with E-state index < -0.39 is 5.79 Å². The molecule has 4 heteroatoms. The van der Waals surface area contributed by atoms with Crippen molar-refractivity contribution in [3.05, 3.63) is 35.9 Å². The molecule has 1 aromatic carbocycles. The molecule has 0 saturated carbocycles. The number of hydrogen-bond donors (Lipinski definition) is 0. The van der Waals surface area contributed by atoms with Crippen LogP contribution in [0.4, 0.5) is 0 Å². The zero-order valence-electron chi connectivity index (χ0n) is 10.7. The Hall–Kier alpha value is 0.1000. The molecule has 0 aromatic heterocycles. The van der Waals surface area contributed by atoms with Crippen molar-refractivity contribution in [3.63, 3.8) is 0 Å². The summed E-state index contributed by atoms with van der Waals surface area (Å²) < 4.78 is 11.6. The third-order valence-electron chi connectivity index (χ3n) is 3.46. The van der Waals surface area contributed by atoms with Gasteiger partial charge in [-0.2, -0.15) is 0 Å². The maximum absolute atomic E-state index is 6.00. The molecule has 0 spiro atoms. The summed E-state index contributed by atoms with van der Waals surface area (Å²) in [7, 11) is 0. The van der Waals surface area contributed by atoms with Gasteiger partial charge in [-0.3, -0.25) is 0 Å². The standard InChI is InChI=1S/C14H18Br2O2/c1-3-12(15)14(17-9-10-18-14)13(2,16)11-7-5-4-6-8-11/h4-8,12H,3,9-10H2,1-2H3. The fourth-order valence-corrected chi connectivity index (χ4v) is 4.19. The minimum atomic E-state index is -0.664. The van der Waals surface area contributed by atoms with E-state index >= 15 is 0 Å². The van der Waals surface area contributed by atoms with Crippen molar-refractivity contribution in [3.8, 4) is 0 Å². The first-order valence-electron chi connectivity index (χ1n) is 6.21. The lowest BCUT2D eigenvalue weighted by atomic mass is 9.89. The molecule has 2 atom stereocenters. The summed E-state index contributed by atoms with van der Waals surface area (Å²) in [5, 5.41) is 0. The first kappa shape index (κ1) is 14.5. The Labute approximate surface area is 125 Å². The molecule has 1 fully saturated rings. The van der Waals surface area contributed by atoms with E-state index in [0.717, 1.165) is 12.0 Å². The summed E-state index contributed by atoms with van der Waals surface area (Å²) in [6, 6.07) is 10.3. The lowest BCUT2D eigenvalue weighted by molar-refractivity contribution is -0.178. The lowest BCUT2D eigenvalue weighted by Crippen LogP contribution is -2.53. The van der Waals surface area contributed by atoms with Crippen molar-refractivity contribution in [1.29, 1.82) is 0 Å². The van der Waals surface area contributed by atoms with Crippen LogP contribution in [-0.4, -0.2) is 23.8 Å². The second-order valence-electron chi connectivity index (χ2n) is 4.61. The first-order valence-corrected chi connectivity index (χ1v) is 7.92. The van der Waals surface area contributed by atoms with E-state index in [9.17, 15) is 0 Å². The van der Waals surface area contributed by atoms with Crippen LogP contribution in [0.3, 0.4) is 0 Å². The van der Waals surface area contributed by atoms with Gasteiger partial charge in [-0.25, -0.2) is 0 Å². The van der Waals surface area contributed by atoms with Crippen LogP contribution in [0.15, 0.2) is 30.3 Å². The number of halogens is 2. The zero-order chi connectivity index (χ0) is 13.2. The lowest BCUT2D eigenvalue weighted by Gasteiger charge is -2.43. The van der Waals surface area contributed by atoms with Gasteiger partial charge in [0, 0.05) is 0 Å². The third-order valence-corrected chi connectivity index (χ3v) is 5.72. The van der Waals surface area contributed by atoms with Crippen molar-refractivity contribution in [2.75, 3.05) is 13.2 Å². The van der Waals surface area contributed by atoms with Crippen LogP contribution in [0.25, 0.3) is 0 Å². The van der Waals surface area contributed by atoms with E-state index in [0.29, 0.717) is 13.2 Å². The number of ether oxygens (including phenoxy) is 2. The number of hydrogen-bond acceptors (Lipinski definition) is 2. The molecule has 0 amide bonds. The average molecular weight is 378 g/mol. The van der Waals surface area contributed by atoms with Gasteiger partial charge >= 0.3 is 0 Å². The van der Waals surface area contributed by atoms with Crippen LogP contribution in [0.5, 0.6) is 0 Å². The van der Waals surface area contributed by atoms with E-state index in [1.807, 2.05) is 18.2 Å². The monoisotopic (exact) mass is 376 g/mol. The van der Waals surface area contributed by atoms with Gasteiger partial charge in [-0.15, -0.1) is 0 Å². The summed E-state index contributed by atoms with van der Waals surface area (Å²) in [6.07, 6.45) is 0.939. The molecule has 0 bridgehead atoms. The SMILES string of the molecule is CCC(Br)C1(C(C)(Br)c2ccccc2)OCCO1. The molecule has 0 radical (unpaired) electrons. The van der Waals surface area contributed by atoms with E-state index in [4.69, 9.17) is 9.47 Å². The van der Waals surface area contributed by atoms with Gasteiger partial charge in [-0.1, -0.05) is 69.1 Å². The molecule has 2 nitrogen and oxygen atoms in total. The maximum Gasteiger partial charge on any atom is 0.200 e. The Morgan fingerprint density at radius 1 is 1.28 bits per heavy atom. The maximum atomic E-state index is 6.00. The van der Waals surface area contributed by atoms with Gasteiger partial charge in [0.2, 0.25) is 0 Å². The van der Waals surface area contributed by atoms with E-state index in [1.165, 1.54) is 0 Å². The molecule has 18 heavy (non-hydrogen) atoms. The normalized spacial score (nSPS) is 23.6. The van der Waals surface area contributed by atoms with Gasteiger partial charge < -0.3 is 9.47 Å². The summed E-state index contributed by atoms with van der Waals surface area (Å²) >= 11 is 7.55. The highest BCUT2D eigenvalue weighted by Crippen LogP contribution is 2.50. The molecule has 100 valence electrons. The van der Waals surface area contributed by atoms with E-state index in [-0.39, 0.29) is 9.15 Å². The smallest absolute Gasteiger partial charge is 0.200 e. The van der Waals surface area contributed by atoms with Gasteiger partial charge in [0.25, 0.3) is 0 Å². The van der Waals surface area contributed by atoms with Crippen LogP contribution < -0.4 is 0 Å². The molecule has 2 unspecified atom stereocenters. The van der Waals surface area contributed by atoms with Crippen LogP contribution in [0.2, 0.25) is 0 Å². The van der Waals surface area contributed by atoms with Gasteiger partial charge in [0.05, 0.1) is 18.0 Å². The highest BCUT2D eigenvalue weighted by Gasteiger charge is 2.56. The summed E-state index contributed by atoms with van der Waals surface area (Å²) in [5.41, 5.74) is 1.16. The number of rotatable bonds is 4. The van der Waals surface area contributed by atoms with E-state index in [1.54, 1.807) is 0 Å². The average Bonchev–Trinajstić information content (AvgIpc) is 2.90. The Morgan fingerprint density at radius 2 is 1.83 bits per heavy atom. The first-order chi connectivity index (χ1) is 8.54. The second kappa shape index (κ2) is 5.61.